The predicted octanol–water partition coefficient (Wildman–Crippen LogP) is 3.13. The van der Waals surface area contributed by atoms with Gasteiger partial charge in [-0.2, -0.15) is 0 Å². The molecule has 1 aliphatic carbocycles. The summed E-state index contributed by atoms with van der Waals surface area (Å²) >= 11 is 0. The summed E-state index contributed by atoms with van der Waals surface area (Å²) in [4.78, 5) is 25.7. The first-order chi connectivity index (χ1) is 11.5. The quantitative estimate of drug-likeness (QED) is 0.782. The summed E-state index contributed by atoms with van der Waals surface area (Å²) in [6, 6.07) is 6.49. The van der Waals surface area contributed by atoms with Gasteiger partial charge in [-0.3, -0.25) is 9.59 Å². The normalized spacial score (nSPS) is 16.5. The maximum absolute atomic E-state index is 12.3. The van der Waals surface area contributed by atoms with Crippen LogP contribution in [-0.2, 0) is 16.0 Å². The molecule has 1 aromatic carbocycles. The molecule has 1 aromatic rings. The Kier molecular flexibility index (Phi) is 5.07. The van der Waals surface area contributed by atoms with Gasteiger partial charge < -0.3 is 15.0 Å². The van der Waals surface area contributed by atoms with Gasteiger partial charge in [0, 0.05) is 30.6 Å². The van der Waals surface area contributed by atoms with Gasteiger partial charge in [-0.15, -0.1) is 0 Å². The Morgan fingerprint density at radius 3 is 2.83 bits per heavy atom. The molecule has 0 saturated heterocycles. The fourth-order valence-electron chi connectivity index (χ4n) is 3.26. The van der Waals surface area contributed by atoms with Crippen LogP contribution in [-0.4, -0.2) is 35.4 Å². The van der Waals surface area contributed by atoms with Crippen molar-refractivity contribution in [2.45, 2.75) is 64.5 Å². The van der Waals surface area contributed by atoms with Crippen molar-refractivity contribution in [1.29, 1.82) is 0 Å². The van der Waals surface area contributed by atoms with Crippen LogP contribution in [0.4, 0.5) is 5.69 Å². The topological polar surface area (TPSA) is 58.6 Å². The van der Waals surface area contributed by atoms with E-state index >= 15 is 0 Å². The second kappa shape index (κ2) is 7.24. The lowest BCUT2D eigenvalue weighted by Gasteiger charge is -2.26. The van der Waals surface area contributed by atoms with Crippen LogP contribution in [0, 0.1) is 0 Å². The summed E-state index contributed by atoms with van der Waals surface area (Å²) in [6.45, 7) is 4.70. The molecule has 24 heavy (non-hydrogen) atoms. The first kappa shape index (κ1) is 16.8. The van der Waals surface area contributed by atoms with E-state index in [0.29, 0.717) is 25.5 Å². The molecular formula is C19H26N2O3. The number of amides is 2. The van der Waals surface area contributed by atoms with Crippen molar-refractivity contribution in [3.05, 3.63) is 23.8 Å². The molecule has 130 valence electrons. The second-order valence-electron chi connectivity index (χ2n) is 6.95. The molecule has 5 nitrogen and oxygen atoms in total. The number of fused-ring (bicyclic) bond motifs is 1. The van der Waals surface area contributed by atoms with Crippen LogP contribution in [0.25, 0.3) is 0 Å². The van der Waals surface area contributed by atoms with Gasteiger partial charge in [0.1, 0.15) is 5.75 Å². The van der Waals surface area contributed by atoms with E-state index in [1.54, 1.807) is 0 Å². The fourth-order valence-corrected chi connectivity index (χ4v) is 3.26. The van der Waals surface area contributed by atoms with Gasteiger partial charge in [-0.25, -0.2) is 0 Å². The van der Waals surface area contributed by atoms with Gasteiger partial charge in [-0.05, 0) is 63.3 Å². The van der Waals surface area contributed by atoms with Crippen LogP contribution in [0.5, 0.6) is 5.75 Å². The van der Waals surface area contributed by atoms with Gasteiger partial charge >= 0.3 is 0 Å². The van der Waals surface area contributed by atoms with Crippen molar-refractivity contribution < 1.29 is 14.3 Å². The molecule has 2 amide bonds. The third-order valence-corrected chi connectivity index (χ3v) is 4.56. The molecule has 1 saturated carbocycles. The Labute approximate surface area is 143 Å². The molecule has 1 aliphatic heterocycles. The molecule has 1 fully saturated rings. The lowest BCUT2D eigenvalue weighted by molar-refractivity contribution is -0.133. The van der Waals surface area contributed by atoms with Crippen LogP contribution < -0.4 is 10.1 Å². The summed E-state index contributed by atoms with van der Waals surface area (Å²) in [7, 11) is 0. The minimum atomic E-state index is 0.0695. The van der Waals surface area contributed by atoms with E-state index in [-0.39, 0.29) is 17.9 Å². The maximum Gasteiger partial charge on any atom is 0.224 e. The Morgan fingerprint density at radius 1 is 1.33 bits per heavy atom. The summed E-state index contributed by atoms with van der Waals surface area (Å²) < 4.78 is 5.78. The molecular weight excluding hydrogens is 304 g/mol. The van der Waals surface area contributed by atoms with Crippen LogP contribution >= 0.6 is 0 Å². The number of benzene rings is 1. The molecule has 3 rings (SSSR count). The number of carbonyl (C=O) groups is 2. The third-order valence-electron chi connectivity index (χ3n) is 4.56. The Balaban J connectivity index is 1.45. The molecule has 1 N–H and O–H groups in total. The number of nitrogens with zero attached hydrogens (tertiary/aromatic N) is 1. The highest BCUT2D eigenvalue weighted by Crippen LogP contribution is 2.29. The molecule has 0 spiro atoms. The molecule has 5 heteroatoms. The van der Waals surface area contributed by atoms with Crippen molar-refractivity contribution in [2.24, 2.45) is 0 Å². The fraction of sp³-hybridized carbons (Fsp3) is 0.579. The Hall–Kier alpha value is -2.04. The highest BCUT2D eigenvalue weighted by molar-refractivity contribution is 5.94. The summed E-state index contributed by atoms with van der Waals surface area (Å²) in [5.41, 5.74) is 1.99. The van der Waals surface area contributed by atoms with Gasteiger partial charge in [0.05, 0.1) is 6.61 Å². The molecule has 0 bridgehead atoms. The number of hydrogen-bond donors (Lipinski definition) is 1. The Bertz CT molecular complexity index is 621. The average molecular weight is 330 g/mol. The molecule has 0 aromatic heterocycles. The summed E-state index contributed by atoms with van der Waals surface area (Å²) in [6.07, 6.45) is 4.83. The zero-order valence-electron chi connectivity index (χ0n) is 14.5. The number of rotatable bonds is 7. The third kappa shape index (κ3) is 4.08. The minimum Gasteiger partial charge on any atom is -0.494 e. The predicted molar refractivity (Wildman–Crippen MR) is 93.1 cm³/mol. The van der Waals surface area contributed by atoms with Gasteiger partial charge in [0.2, 0.25) is 11.8 Å². The van der Waals surface area contributed by atoms with E-state index in [0.717, 1.165) is 42.7 Å². The molecule has 0 unspecified atom stereocenters. The first-order valence-electron chi connectivity index (χ1n) is 8.91. The highest BCUT2D eigenvalue weighted by Gasteiger charge is 2.33. The van der Waals surface area contributed by atoms with Gasteiger partial charge in [-0.1, -0.05) is 0 Å². The van der Waals surface area contributed by atoms with Crippen molar-refractivity contribution >= 4 is 17.5 Å². The zero-order chi connectivity index (χ0) is 17.1. The molecule has 0 radical (unpaired) electrons. The van der Waals surface area contributed by atoms with E-state index < -0.39 is 0 Å². The smallest absolute Gasteiger partial charge is 0.224 e. The lowest BCUT2D eigenvalue weighted by Crippen LogP contribution is -2.38. The first-order valence-corrected chi connectivity index (χ1v) is 8.91. The van der Waals surface area contributed by atoms with Gasteiger partial charge in [0.15, 0.2) is 0 Å². The van der Waals surface area contributed by atoms with E-state index in [2.05, 4.69) is 19.2 Å². The second-order valence-corrected chi connectivity index (χ2v) is 6.95. The number of carbonyl (C=O) groups excluding carboxylic acids is 2. The average Bonchev–Trinajstić information content (AvgIpc) is 3.36. The molecule has 2 aliphatic rings. The largest absolute Gasteiger partial charge is 0.494 e. The van der Waals surface area contributed by atoms with Crippen molar-refractivity contribution in [3.8, 4) is 5.75 Å². The number of nitrogens with one attached hydrogen (secondary N) is 1. The highest BCUT2D eigenvalue weighted by atomic mass is 16.5. The van der Waals surface area contributed by atoms with Gasteiger partial charge in [0.25, 0.3) is 0 Å². The van der Waals surface area contributed by atoms with Crippen LogP contribution in [0.1, 0.15) is 51.5 Å². The maximum atomic E-state index is 12.3. The number of anilines is 1. The van der Waals surface area contributed by atoms with Crippen molar-refractivity contribution in [2.75, 3.05) is 11.9 Å². The number of hydrogen-bond acceptors (Lipinski definition) is 3. The van der Waals surface area contributed by atoms with Crippen molar-refractivity contribution in [3.63, 3.8) is 0 Å². The van der Waals surface area contributed by atoms with E-state index in [4.69, 9.17) is 4.74 Å². The zero-order valence-corrected chi connectivity index (χ0v) is 14.5. The number of aryl methyl sites for hydroxylation is 1. The lowest BCUT2D eigenvalue weighted by atomic mass is 10.0. The van der Waals surface area contributed by atoms with E-state index in [9.17, 15) is 9.59 Å². The van der Waals surface area contributed by atoms with Crippen LogP contribution in [0.2, 0.25) is 0 Å². The summed E-state index contributed by atoms with van der Waals surface area (Å²) in [5, 5.41) is 2.86. The van der Waals surface area contributed by atoms with Crippen LogP contribution in [0.15, 0.2) is 18.2 Å². The van der Waals surface area contributed by atoms with E-state index in [1.807, 2.05) is 23.1 Å². The monoisotopic (exact) mass is 330 g/mol. The summed E-state index contributed by atoms with van der Waals surface area (Å²) in [5.74, 6) is 1.12. The van der Waals surface area contributed by atoms with E-state index in [1.165, 1.54) is 0 Å². The molecule has 0 atom stereocenters. The standard InChI is InChI=1S/C19H26N2O3/c1-13(2)21(15-6-7-15)19(23)4-3-11-24-16-8-9-17-14(12-16)5-10-18(22)20-17/h8-9,12-13,15H,3-7,10-11H2,1-2H3,(H,20,22). The Morgan fingerprint density at radius 2 is 2.12 bits per heavy atom. The SMILES string of the molecule is CC(C)N(C(=O)CCCOc1ccc2c(c1)CCC(=O)N2)C1CC1. The van der Waals surface area contributed by atoms with Crippen LogP contribution in [0.3, 0.4) is 0 Å². The van der Waals surface area contributed by atoms with Crippen molar-refractivity contribution in [1.82, 2.24) is 4.90 Å². The number of ether oxygens (including phenoxy) is 1. The molecule has 1 heterocycles. The minimum absolute atomic E-state index is 0.0695.